The summed E-state index contributed by atoms with van der Waals surface area (Å²) in [4.78, 5) is 11.8. The lowest BCUT2D eigenvalue weighted by atomic mass is 10.1. The SMILES string of the molecule is CC(C)(CNCC(=O)Nc1ccccc1Cl)NS(C)(=O)=O. The van der Waals surface area contributed by atoms with Gasteiger partial charge in [-0.15, -0.1) is 0 Å². The molecule has 0 heterocycles. The molecule has 0 aliphatic carbocycles. The topological polar surface area (TPSA) is 87.3 Å². The normalized spacial score (nSPS) is 12.2. The highest BCUT2D eigenvalue weighted by Gasteiger charge is 2.21. The molecule has 0 radical (unpaired) electrons. The van der Waals surface area contributed by atoms with Crippen molar-refractivity contribution in [1.82, 2.24) is 10.0 Å². The van der Waals surface area contributed by atoms with Gasteiger partial charge in [0.25, 0.3) is 0 Å². The lowest BCUT2D eigenvalue weighted by molar-refractivity contribution is -0.115. The van der Waals surface area contributed by atoms with Crippen LogP contribution in [-0.2, 0) is 14.8 Å². The van der Waals surface area contributed by atoms with Gasteiger partial charge in [0.1, 0.15) is 0 Å². The Hall–Kier alpha value is -1.15. The van der Waals surface area contributed by atoms with Crippen LogP contribution in [0.3, 0.4) is 0 Å². The van der Waals surface area contributed by atoms with Crippen LogP contribution in [0.2, 0.25) is 5.02 Å². The van der Waals surface area contributed by atoms with Gasteiger partial charge in [0.05, 0.1) is 23.5 Å². The largest absolute Gasteiger partial charge is 0.324 e. The summed E-state index contributed by atoms with van der Waals surface area (Å²) >= 11 is 5.94. The van der Waals surface area contributed by atoms with Crippen LogP contribution in [0.1, 0.15) is 13.8 Å². The maximum Gasteiger partial charge on any atom is 0.238 e. The first-order chi connectivity index (χ1) is 9.59. The van der Waals surface area contributed by atoms with Crippen LogP contribution in [0.25, 0.3) is 0 Å². The van der Waals surface area contributed by atoms with Crippen LogP contribution in [0, 0.1) is 0 Å². The van der Waals surface area contributed by atoms with Crippen molar-refractivity contribution in [3.63, 3.8) is 0 Å². The third-order valence-electron chi connectivity index (χ3n) is 2.46. The fourth-order valence-corrected chi connectivity index (χ4v) is 3.04. The predicted octanol–water partition coefficient (Wildman–Crippen LogP) is 1.20. The van der Waals surface area contributed by atoms with Gasteiger partial charge in [-0.3, -0.25) is 4.79 Å². The molecule has 3 N–H and O–H groups in total. The molecule has 0 aliphatic heterocycles. The summed E-state index contributed by atoms with van der Waals surface area (Å²) in [5.74, 6) is -0.252. The number of sulfonamides is 1. The number of anilines is 1. The number of halogens is 1. The minimum atomic E-state index is -3.29. The molecular formula is C13H20ClN3O3S. The molecule has 8 heteroatoms. The Bertz CT molecular complexity index is 602. The Morgan fingerprint density at radius 3 is 2.48 bits per heavy atom. The highest BCUT2D eigenvalue weighted by molar-refractivity contribution is 7.88. The number of carbonyl (C=O) groups is 1. The van der Waals surface area contributed by atoms with Crippen molar-refractivity contribution < 1.29 is 13.2 Å². The van der Waals surface area contributed by atoms with Crippen LogP contribution in [-0.4, -0.2) is 39.2 Å². The average Bonchev–Trinajstić information content (AvgIpc) is 2.28. The first-order valence-corrected chi connectivity index (χ1v) is 8.60. The fraction of sp³-hybridized carbons (Fsp3) is 0.462. The van der Waals surface area contributed by atoms with E-state index in [9.17, 15) is 13.2 Å². The van der Waals surface area contributed by atoms with Crippen molar-refractivity contribution in [1.29, 1.82) is 0 Å². The molecule has 0 saturated carbocycles. The average molecular weight is 334 g/mol. The molecule has 0 atom stereocenters. The Morgan fingerprint density at radius 1 is 1.29 bits per heavy atom. The van der Waals surface area contributed by atoms with Crippen LogP contribution in [0.15, 0.2) is 24.3 Å². The molecule has 1 amide bonds. The number of hydrogen-bond donors (Lipinski definition) is 3. The molecule has 21 heavy (non-hydrogen) atoms. The van der Waals surface area contributed by atoms with Crippen molar-refractivity contribution in [2.75, 3.05) is 24.7 Å². The number of rotatable bonds is 7. The minimum absolute atomic E-state index is 0.0556. The van der Waals surface area contributed by atoms with Gasteiger partial charge in [-0.25, -0.2) is 13.1 Å². The van der Waals surface area contributed by atoms with Gasteiger partial charge < -0.3 is 10.6 Å². The number of para-hydroxylation sites is 1. The number of carbonyl (C=O) groups excluding carboxylic acids is 1. The molecule has 0 spiro atoms. The lowest BCUT2D eigenvalue weighted by Gasteiger charge is -2.25. The first-order valence-electron chi connectivity index (χ1n) is 6.33. The third kappa shape index (κ3) is 7.42. The molecule has 1 aromatic carbocycles. The van der Waals surface area contributed by atoms with Gasteiger partial charge in [-0.1, -0.05) is 23.7 Å². The smallest absolute Gasteiger partial charge is 0.238 e. The Balaban J connectivity index is 2.42. The summed E-state index contributed by atoms with van der Waals surface area (Å²) in [5.41, 5.74) is -0.141. The van der Waals surface area contributed by atoms with Gasteiger partial charge >= 0.3 is 0 Å². The molecule has 6 nitrogen and oxygen atoms in total. The lowest BCUT2D eigenvalue weighted by Crippen LogP contribution is -2.50. The second-order valence-corrected chi connectivity index (χ2v) is 7.55. The molecule has 1 aromatic rings. The highest BCUT2D eigenvalue weighted by Crippen LogP contribution is 2.19. The zero-order chi connectivity index (χ0) is 16.1. The highest BCUT2D eigenvalue weighted by atomic mass is 35.5. The summed E-state index contributed by atoms with van der Waals surface area (Å²) < 4.78 is 24.9. The second kappa shape index (κ2) is 7.22. The summed E-state index contributed by atoms with van der Waals surface area (Å²) in [6.45, 7) is 3.83. The Morgan fingerprint density at radius 2 is 1.90 bits per heavy atom. The number of amides is 1. The fourth-order valence-electron chi connectivity index (χ4n) is 1.78. The van der Waals surface area contributed by atoms with Gasteiger partial charge in [-0.2, -0.15) is 0 Å². The molecule has 0 bridgehead atoms. The number of benzene rings is 1. The van der Waals surface area contributed by atoms with Crippen molar-refractivity contribution in [3.05, 3.63) is 29.3 Å². The zero-order valence-electron chi connectivity index (χ0n) is 12.2. The second-order valence-electron chi connectivity index (χ2n) is 5.39. The van der Waals surface area contributed by atoms with E-state index in [1.165, 1.54) is 0 Å². The predicted molar refractivity (Wildman–Crippen MR) is 85.0 cm³/mol. The van der Waals surface area contributed by atoms with Gasteiger partial charge in [-0.05, 0) is 26.0 Å². The van der Waals surface area contributed by atoms with E-state index in [1.54, 1.807) is 38.1 Å². The Kier molecular flexibility index (Phi) is 6.15. The van der Waals surface area contributed by atoms with Crippen LogP contribution in [0.4, 0.5) is 5.69 Å². The monoisotopic (exact) mass is 333 g/mol. The quantitative estimate of drug-likeness (QED) is 0.699. The van der Waals surface area contributed by atoms with Crippen LogP contribution in [0.5, 0.6) is 0 Å². The summed E-state index contributed by atoms with van der Waals surface area (Å²) in [7, 11) is -3.29. The minimum Gasteiger partial charge on any atom is -0.324 e. The maximum absolute atomic E-state index is 11.8. The van der Waals surface area contributed by atoms with E-state index in [1.807, 2.05) is 0 Å². The molecule has 0 saturated heterocycles. The van der Waals surface area contributed by atoms with Crippen LogP contribution >= 0.6 is 11.6 Å². The Labute approximate surface area is 130 Å². The van der Waals surface area contributed by atoms with Gasteiger partial charge in [0.2, 0.25) is 15.9 Å². The summed E-state index contributed by atoms with van der Waals surface area (Å²) in [6, 6.07) is 6.93. The first kappa shape index (κ1) is 17.9. The van der Waals surface area contributed by atoms with E-state index in [2.05, 4.69) is 15.4 Å². The molecule has 0 aliphatic rings. The van der Waals surface area contributed by atoms with Crippen molar-refractivity contribution in [3.8, 4) is 0 Å². The van der Waals surface area contributed by atoms with Gasteiger partial charge in [0, 0.05) is 12.1 Å². The van der Waals surface area contributed by atoms with Gasteiger partial charge in [0.15, 0.2) is 0 Å². The number of nitrogens with one attached hydrogen (secondary N) is 3. The molecule has 1 rings (SSSR count). The third-order valence-corrected chi connectivity index (χ3v) is 3.72. The van der Waals surface area contributed by atoms with E-state index in [-0.39, 0.29) is 12.5 Å². The van der Waals surface area contributed by atoms with Crippen molar-refractivity contribution in [2.24, 2.45) is 0 Å². The molecule has 118 valence electrons. The standard InChI is InChI=1S/C13H20ClN3O3S/c1-13(2,17-21(3,19)20)9-15-8-12(18)16-11-7-5-4-6-10(11)14/h4-7,15,17H,8-9H2,1-3H3,(H,16,18). The van der Waals surface area contributed by atoms with Crippen LogP contribution < -0.4 is 15.4 Å². The van der Waals surface area contributed by atoms with E-state index >= 15 is 0 Å². The van der Waals surface area contributed by atoms with E-state index in [4.69, 9.17) is 11.6 Å². The zero-order valence-corrected chi connectivity index (χ0v) is 13.8. The van der Waals surface area contributed by atoms with E-state index in [0.29, 0.717) is 17.3 Å². The maximum atomic E-state index is 11.8. The van der Waals surface area contributed by atoms with Crippen molar-refractivity contribution >= 4 is 33.2 Å². The summed E-state index contributed by atoms with van der Waals surface area (Å²) in [6.07, 6.45) is 1.10. The van der Waals surface area contributed by atoms with Crippen molar-refractivity contribution in [2.45, 2.75) is 19.4 Å². The summed E-state index contributed by atoms with van der Waals surface area (Å²) in [5, 5.41) is 6.04. The molecule has 0 aromatic heterocycles. The van der Waals surface area contributed by atoms with E-state index < -0.39 is 15.6 Å². The number of hydrogen-bond acceptors (Lipinski definition) is 4. The molecular weight excluding hydrogens is 314 g/mol. The molecule has 0 fully saturated rings. The molecule has 0 unspecified atom stereocenters. The van der Waals surface area contributed by atoms with E-state index in [0.717, 1.165) is 6.26 Å².